The van der Waals surface area contributed by atoms with Gasteiger partial charge in [0.15, 0.2) is 0 Å². The third kappa shape index (κ3) is 4.75. The number of nitrogens with zero attached hydrogens (tertiary/aromatic N) is 1. The third-order valence-corrected chi connectivity index (χ3v) is 5.02. The second kappa shape index (κ2) is 7.08. The highest BCUT2D eigenvalue weighted by Crippen LogP contribution is 2.28. The van der Waals surface area contributed by atoms with Crippen LogP contribution in [0.2, 0.25) is 0 Å². The maximum atomic E-state index is 3.71. The summed E-state index contributed by atoms with van der Waals surface area (Å²) in [4.78, 5) is 2.83. The van der Waals surface area contributed by atoms with Gasteiger partial charge in [-0.1, -0.05) is 33.6 Å². The molecule has 2 rings (SSSR count). The van der Waals surface area contributed by atoms with Crippen molar-refractivity contribution in [3.8, 4) is 0 Å². The molecule has 0 aromatic carbocycles. The minimum atomic E-state index is 0.719. The predicted octanol–water partition coefficient (Wildman–Crippen LogP) is 3.66. The molecule has 0 aromatic rings. The summed E-state index contributed by atoms with van der Waals surface area (Å²) in [5.74, 6) is 1.55. The largest absolute Gasteiger partial charge is 0.314 e. The maximum absolute atomic E-state index is 3.71. The van der Waals surface area contributed by atoms with E-state index in [1.165, 1.54) is 51.6 Å². The van der Waals surface area contributed by atoms with Crippen molar-refractivity contribution in [3.63, 3.8) is 0 Å². The van der Waals surface area contributed by atoms with Gasteiger partial charge < -0.3 is 5.32 Å². The summed E-state index contributed by atoms with van der Waals surface area (Å²) in [6, 6.07) is 2.43. The fourth-order valence-electron chi connectivity index (χ4n) is 3.44. The van der Waals surface area contributed by atoms with Gasteiger partial charge in [-0.25, -0.2) is 0 Å². The monoisotopic (exact) mass is 266 g/mol. The molecule has 2 aliphatic carbocycles. The second-order valence-corrected chi connectivity index (χ2v) is 7.43. The molecular weight excluding hydrogens is 232 g/mol. The first-order chi connectivity index (χ1) is 9.08. The lowest BCUT2D eigenvalue weighted by atomic mass is 9.98. The quantitative estimate of drug-likeness (QED) is 0.721. The zero-order valence-corrected chi connectivity index (χ0v) is 13.5. The van der Waals surface area contributed by atoms with Crippen molar-refractivity contribution in [2.45, 2.75) is 84.3 Å². The van der Waals surface area contributed by atoms with Gasteiger partial charge in [0.05, 0.1) is 0 Å². The molecule has 2 atom stereocenters. The van der Waals surface area contributed by atoms with Crippen LogP contribution < -0.4 is 5.32 Å². The minimum Gasteiger partial charge on any atom is -0.314 e. The molecule has 0 spiro atoms. The maximum Gasteiger partial charge on any atom is 0.0108 e. The molecular formula is C17H34N2. The Morgan fingerprint density at radius 1 is 1.00 bits per heavy atom. The van der Waals surface area contributed by atoms with Crippen LogP contribution in [0.4, 0.5) is 0 Å². The van der Waals surface area contributed by atoms with Crippen molar-refractivity contribution < 1.29 is 0 Å². The van der Waals surface area contributed by atoms with Gasteiger partial charge in [-0.05, 0) is 51.0 Å². The fraction of sp³-hybridized carbons (Fsp3) is 1.00. The van der Waals surface area contributed by atoms with E-state index in [4.69, 9.17) is 0 Å². The fourth-order valence-corrected chi connectivity index (χ4v) is 3.44. The van der Waals surface area contributed by atoms with Crippen LogP contribution in [0.15, 0.2) is 0 Å². The zero-order chi connectivity index (χ0) is 13.8. The van der Waals surface area contributed by atoms with Gasteiger partial charge in [-0.2, -0.15) is 0 Å². The topological polar surface area (TPSA) is 15.3 Å². The lowest BCUT2D eigenvalue weighted by Crippen LogP contribution is -2.47. The Labute approximate surface area is 120 Å². The molecule has 2 heteroatoms. The van der Waals surface area contributed by atoms with E-state index in [0.717, 1.165) is 30.0 Å². The van der Waals surface area contributed by atoms with Gasteiger partial charge in [0.2, 0.25) is 0 Å². The highest BCUT2D eigenvalue weighted by atomic mass is 15.2. The van der Waals surface area contributed by atoms with E-state index >= 15 is 0 Å². The van der Waals surface area contributed by atoms with Crippen LogP contribution in [0.3, 0.4) is 0 Å². The van der Waals surface area contributed by atoms with E-state index in [2.05, 4.69) is 37.9 Å². The zero-order valence-electron chi connectivity index (χ0n) is 13.5. The van der Waals surface area contributed by atoms with Crippen LogP contribution in [0.1, 0.15) is 66.2 Å². The van der Waals surface area contributed by atoms with Crippen molar-refractivity contribution in [3.05, 3.63) is 0 Å². The Kier molecular flexibility index (Phi) is 5.70. The Hall–Kier alpha value is -0.0800. The Bertz CT molecular complexity index is 254. The first-order valence-corrected chi connectivity index (χ1v) is 8.57. The first-order valence-electron chi connectivity index (χ1n) is 8.57. The second-order valence-electron chi connectivity index (χ2n) is 7.43. The molecule has 0 heterocycles. The molecule has 0 amide bonds. The van der Waals surface area contributed by atoms with Crippen molar-refractivity contribution >= 4 is 0 Å². The number of hydrogen-bond donors (Lipinski definition) is 1. The smallest absolute Gasteiger partial charge is 0.0108 e. The van der Waals surface area contributed by atoms with E-state index in [1.54, 1.807) is 0 Å². The van der Waals surface area contributed by atoms with Crippen molar-refractivity contribution in [2.75, 3.05) is 13.1 Å². The van der Waals surface area contributed by atoms with Crippen molar-refractivity contribution in [2.24, 2.45) is 11.8 Å². The van der Waals surface area contributed by atoms with Gasteiger partial charge in [0.1, 0.15) is 0 Å². The molecule has 2 saturated carbocycles. The molecule has 0 bridgehead atoms. The molecule has 2 fully saturated rings. The van der Waals surface area contributed by atoms with E-state index in [1.807, 2.05) is 0 Å². The number of rotatable bonds is 8. The number of nitrogens with one attached hydrogen (secondary N) is 1. The molecule has 19 heavy (non-hydrogen) atoms. The predicted molar refractivity (Wildman–Crippen MR) is 83.5 cm³/mol. The van der Waals surface area contributed by atoms with Crippen LogP contribution in [0, 0.1) is 11.8 Å². The molecule has 2 nitrogen and oxygen atoms in total. The van der Waals surface area contributed by atoms with Crippen LogP contribution >= 0.6 is 0 Å². The third-order valence-electron chi connectivity index (χ3n) is 5.02. The molecule has 0 saturated heterocycles. The Morgan fingerprint density at radius 3 is 2.16 bits per heavy atom. The van der Waals surface area contributed by atoms with Crippen molar-refractivity contribution in [1.82, 2.24) is 10.2 Å². The molecule has 2 unspecified atom stereocenters. The van der Waals surface area contributed by atoms with Crippen LogP contribution in [0.25, 0.3) is 0 Å². The summed E-state index contributed by atoms with van der Waals surface area (Å²) in [6.07, 6.45) is 8.56. The lowest BCUT2D eigenvalue weighted by molar-refractivity contribution is 0.0940. The molecule has 0 radical (unpaired) electrons. The first kappa shape index (κ1) is 15.3. The summed E-state index contributed by atoms with van der Waals surface area (Å²) in [5, 5.41) is 3.71. The molecule has 2 aliphatic rings. The molecule has 1 N–H and O–H groups in total. The Morgan fingerprint density at radius 2 is 1.63 bits per heavy atom. The molecule has 0 aromatic heterocycles. The molecule has 0 aliphatic heterocycles. The number of hydrogen-bond acceptors (Lipinski definition) is 2. The average Bonchev–Trinajstić information content (AvgIpc) is 3.05. The van der Waals surface area contributed by atoms with Gasteiger partial charge >= 0.3 is 0 Å². The average molecular weight is 266 g/mol. The lowest BCUT2D eigenvalue weighted by Gasteiger charge is -2.39. The SMILES string of the molecule is CC(C)CN(C1CCCC1)C(C)C(C)CNC1CC1. The molecule has 112 valence electrons. The van der Waals surface area contributed by atoms with Crippen LogP contribution in [0.5, 0.6) is 0 Å². The van der Waals surface area contributed by atoms with Crippen LogP contribution in [-0.2, 0) is 0 Å². The summed E-state index contributed by atoms with van der Waals surface area (Å²) in [5.41, 5.74) is 0. The van der Waals surface area contributed by atoms with Crippen LogP contribution in [-0.4, -0.2) is 36.1 Å². The highest BCUT2D eigenvalue weighted by molar-refractivity contribution is 4.87. The highest BCUT2D eigenvalue weighted by Gasteiger charge is 2.30. The van der Waals surface area contributed by atoms with Gasteiger partial charge in [0.25, 0.3) is 0 Å². The van der Waals surface area contributed by atoms with Crippen molar-refractivity contribution in [1.29, 1.82) is 0 Å². The summed E-state index contributed by atoms with van der Waals surface area (Å²) in [7, 11) is 0. The Balaban J connectivity index is 1.86. The van der Waals surface area contributed by atoms with E-state index in [0.29, 0.717) is 0 Å². The summed E-state index contributed by atoms with van der Waals surface area (Å²) in [6.45, 7) is 12.1. The summed E-state index contributed by atoms with van der Waals surface area (Å²) < 4.78 is 0. The normalized spacial score (nSPS) is 24.3. The minimum absolute atomic E-state index is 0.719. The van der Waals surface area contributed by atoms with Gasteiger partial charge in [-0.3, -0.25) is 4.90 Å². The van der Waals surface area contributed by atoms with E-state index in [9.17, 15) is 0 Å². The van der Waals surface area contributed by atoms with Gasteiger partial charge in [-0.15, -0.1) is 0 Å². The van der Waals surface area contributed by atoms with Gasteiger partial charge in [0, 0.05) is 24.7 Å². The summed E-state index contributed by atoms with van der Waals surface area (Å²) >= 11 is 0. The van der Waals surface area contributed by atoms with E-state index in [-0.39, 0.29) is 0 Å². The standard InChI is InChI=1S/C17H34N2/c1-13(2)12-19(17-7-5-6-8-17)15(4)14(3)11-18-16-9-10-16/h13-18H,5-12H2,1-4H3. The van der Waals surface area contributed by atoms with E-state index < -0.39 is 0 Å².